The normalized spacial score (nSPS) is 15.1. The molecule has 27 heteroatoms. The topological polar surface area (TPSA) is 235 Å². The number of nitrogen functional groups attached to an aromatic ring is 3. The van der Waals surface area contributed by atoms with Gasteiger partial charge in [-0.3, -0.25) is 35.1 Å². The third kappa shape index (κ3) is 16.7. The minimum Gasteiger partial charge on any atom is -0.399 e. The van der Waals surface area contributed by atoms with Crippen LogP contribution in [0.15, 0.2) is 91.0 Å². The minimum absolute atomic E-state index is 0. The summed E-state index contributed by atoms with van der Waals surface area (Å²) in [6.45, 7) is 1.40. The molecule has 5 aromatic carbocycles. The largest absolute Gasteiger partial charge is 0.471 e. The fourth-order valence-corrected chi connectivity index (χ4v) is 9.50. The van der Waals surface area contributed by atoms with E-state index in [1.165, 1.54) is 48.0 Å². The SMILES string of the molecule is NNc1ccc2c(c1)CCCN2C(=O)C(F)(F)F.Nc1ccc2c(c1)CCCN2.Nc1ccc2c(c1)CCCN2C(=O)C(F)(F)F.O=C(N1CCCc2cc(I)ccc21)C(F)(F)F.O=C1CCc2cc([N+](=O)[O-])ccc2N1.[La]. The van der Waals surface area contributed by atoms with Gasteiger partial charge in [0, 0.05) is 129 Å². The van der Waals surface area contributed by atoms with Gasteiger partial charge in [0.05, 0.1) is 4.92 Å². The number of hydrogen-bond acceptors (Lipinski definition) is 11. The first-order chi connectivity index (χ1) is 36.2. The number of halogens is 10. The molecule has 0 saturated heterocycles. The smallest absolute Gasteiger partial charge is 0.399 e. The molecular weight excluding hydrogens is 1290 g/mol. The van der Waals surface area contributed by atoms with Crippen molar-refractivity contribution >= 4 is 97.4 Å². The summed E-state index contributed by atoms with van der Waals surface area (Å²) in [5.74, 6) is -0.217. The van der Waals surface area contributed by atoms with Gasteiger partial charge >= 0.3 is 36.3 Å². The van der Waals surface area contributed by atoms with Gasteiger partial charge in [0.2, 0.25) is 5.91 Å². The number of non-ortho nitro benzene ring substituents is 1. The van der Waals surface area contributed by atoms with Crippen molar-refractivity contribution in [2.45, 2.75) is 82.7 Å². The van der Waals surface area contributed by atoms with Crippen LogP contribution in [0.5, 0.6) is 0 Å². The number of fused-ring (bicyclic) bond motifs is 5. The third-order valence-corrected chi connectivity index (χ3v) is 13.1. The first kappa shape index (κ1) is 62.7. The van der Waals surface area contributed by atoms with Crippen LogP contribution in [-0.2, 0) is 51.3 Å². The Morgan fingerprint density at radius 1 is 0.564 bits per heavy atom. The number of nitro groups is 1. The van der Waals surface area contributed by atoms with Crippen LogP contribution in [0.1, 0.15) is 59.9 Å². The maximum atomic E-state index is 12.4. The molecule has 0 atom stereocenters. The second-order valence-electron chi connectivity index (χ2n) is 17.9. The second kappa shape index (κ2) is 27.1. The maximum Gasteiger partial charge on any atom is 0.471 e. The van der Waals surface area contributed by atoms with E-state index in [4.69, 9.17) is 17.3 Å². The molecule has 0 bridgehead atoms. The number of carbonyl (C=O) groups is 4. The number of amides is 4. The van der Waals surface area contributed by atoms with Crippen molar-refractivity contribution in [2.75, 3.05) is 68.4 Å². The number of benzene rings is 5. The molecule has 9 N–H and O–H groups in total. The van der Waals surface area contributed by atoms with Crippen LogP contribution < -0.4 is 48.1 Å². The fraction of sp³-hybridized carbons (Fsp3) is 0.333. The van der Waals surface area contributed by atoms with Crippen molar-refractivity contribution < 1.29 is 99.2 Å². The van der Waals surface area contributed by atoms with E-state index in [2.05, 4.69) is 50.8 Å². The molecule has 0 saturated carbocycles. The van der Waals surface area contributed by atoms with Crippen molar-refractivity contribution in [3.05, 3.63) is 132 Å². The Bertz CT molecular complexity index is 2920. The van der Waals surface area contributed by atoms with Crippen LogP contribution in [0.4, 0.5) is 90.7 Å². The molecular formula is C51H52F9ILaN10O6. The Labute approximate surface area is 482 Å². The van der Waals surface area contributed by atoms with Crippen molar-refractivity contribution in [3.8, 4) is 0 Å². The standard InChI is InChI=1S/C11H9F3INO.C11H12F3N3O.C11H11F3N2O.C9H8N2O3.C9H12N2.La/c12-11(13,14)10(17)16-5-1-2-7-6-8(15)3-4-9(7)16;12-11(13,14)10(18)17-5-1-2-7-6-8(16-15)3-4-9(7)17;12-11(13,14)10(17)16-5-1-2-7-6-8(15)3-4-9(7)16;12-9-4-1-6-5-7(11(13)14)2-3-8(6)10-9;10-8-3-4-9-7(6-8)2-1-5-11-9;/h3-4,6H,1-2,5H2;3-4,6,16H,1-2,5,15H2;3-4,6H,1-2,5,15H2;2-3,5H,1,4H2,(H,10,12);3-4,6,11H,1-2,5,10H2;. The summed E-state index contributed by atoms with van der Waals surface area (Å²) in [4.78, 5) is 57.2. The van der Waals surface area contributed by atoms with Crippen molar-refractivity contribution in [1.82, 2.24) is 0 Å². The van der Waals surface area contributed by atoms with Crippen LogP contribution in [0.3, 0.4) is 0 Å². The number of aryl methyl sites for hydroxylation is 5. The van der Waals surface area contributed by atoms with E-state index in [1.807, 2.05) is 12.1 Å². The van der Waals surface area contributed by atoms with Gasteiger partial charge in [-0.2, -0.15) is 39.5 Å². The molecule has 0 fully saturated rings. The molecule has 4 amide bonds. The first-order valence-electron chi connectivity index (χ1n) is 23.9. The molecule has 1 radical (unpaired) electrons. The van der Waals surface area contributed by atoms with E-state index < -0.39 is 41.2 Å². The molecule has 0 spiro atoms. The summed E-state index contributed by atoms with van der Waals surface area (Å²) in [5, 5.41) is 16.5. The van der Waals surface area contributed by atoms with Crippen molar-refractivity contribution in [2.24, 2.45) is 5.84 Å². The van der Waals surface area contributed by atoms with Gasteiger partial charge in [0.25, 0.3) is 5.69 Å². The molecule has 5 heterocycles. The number of rotatable bonds is 2. The number of carbonyl (C=O) groups excluding carboxylic acids is 4. The van der Waals surface area contributed by atoms with Crippen LogP contribution in [0.2, 0.25) is 0 Å². The van der Waals surface area contributed by atoms with E-state index >= 15 is 0 Å². The summed E-state index contributed by atoms with van der Waals surface area (Å²) in [6, 6.07) is 24.9. The molecule has 5 aliphatic rings. The first-order valence-corrected chi connectivity index (χ1v) is 24.9. The Morgan fingerprint density at radius 2 is 1.00 bits per heavy atom. The number of nitrogens with two attached hydrogens (primary N) is 3. The van der Waals surface area contributed by atoms with Crippen molar-refractivity contribution in [3.63, 3.8) is 0 Å². The average Bonchev–Trinajstić information content (AvgIpc) is 3.42. The molecule has 10 rings (SSSR count). The number of hydrazine groups is 1. The number of nitro benzene ring substituents is 1. The zero-order valence-corrected chi connectivity index (χ0v) is 47.2. The Hall–Kier alpha value is -6.17. The van der Waals surface area contributed by atoms with E-state index in [-0.39, 0.29) is 66.8 Å². The molecule has 0 unspecified atom stereocenters. The van der Waals surface area contributed by atoms with E-state index in [9.17, 15) is 68.8 Å². The summed E-state index contributed by atoms with van der Waals surface area (Å²) >= 11 is 2.10. The minimum atomic E-state index is -4.85. The number of nitrogens with zero attached hydrogens (tertiary/aromatic N) is 4. The zero-order chi connectivity index (χ0) is 56.4. The number of anilines is 8. The van der Waals surface area contributed by atoms with Gasteiger partial charge in [0.15, 0.2) is 0 Å². The van der Waals surface area contributed by atoms with E-state index in [0.29, 0.717) is 96.6 Å². The molecule has 0 aliphatic carbocycles. The Morgan fingerprint density at radius 3 is 1.51 bits per heavy atom. The van der Waals surface area contributed by atoms with Crippen LogP contribution in [0, 0.1) is 49.3 Å². The van der Waals surface area contributed by atoms with Crippen LogP contribution >= 0.6 is 22.6 Å². The second-order valence-corrected chi connectivity index (χ2v) is 19.2. The maximum absolute atomic E-state index is 12.4. The Balaban J connectivity index is 0.000000180. The van der Waals surface area contributed by atoms with Gasteiger partial charge in [-0.05, 0) is 187 Å². The van der Waals surface area contributed by atoms with Crippen molar-refractivity contribution in [1.29, 1.82) is 0 Å². The fourth-order valence-electron chi connectivity index (χ4n) is 8.94. The predicted octanol–water partition coefficient (Wildman–Crippen LogP) is 10.2. The Kier molecular flexibility index (Phi) is 21.8. The zero-order valence-electron chi connectivity index (χ0n) is 41.4. The molecule has 5 aliphatic heterocycles. The number of nitrogens with one attached hydrogen (secondary N) is 3. The predicted molar refractivity (Wildman–Crippen MR) is 282 cm³/mol. The van der Waals surface area contributed by atoms with E-state index in [1.54, 1.807) is 36.4 Å². The van der Waals surface area contributed by atoms with Gasteiger partial charge in [-0.15, -0.1) is 0 Å². The molecule has 78 heavy (non-hydrogen) atoms. The summed E-state index contributed by atoms with van der Waals surface area (Å²) in [7, 11) is 0. The third-order valence-electron chi connectivity index (χ3n) is 12.5. The number of alkyl halides is 9. The van der Waals surface area contributed by atoms with Crippen LogP contribution in [0.25, 0.3) is 0 Å². The summed E-state index contributed by atoms with van der Waals surface area (Å²) in [5.41, 5.74) is 23.0. The van der Waals surface area contributed by atoms with Crippen LogP contribution in [-0.4, -0.2) is 73.3 Å². The van der Waals surface area contributed by atoms with Gasteiger partial charge in [-0.25, -0.2) is 0 Å². The monoisotopic (exact) mass is 1340 g/mol. The van der Waals surface area contributed by atoms with Gasteiger partial charge in [-0.1, -0.05) is 0 Å². The molecule has 16 nitrogen and oxygen atoms in total. The van der Waals surface area contributed by atoms with Gasteiger partial charge < -0.3 is 42.2 Å². The van der Waals surface area contributed by atoms with E-state index in [0.717, 1.165) is 48.0 Å². The quantitative estimate of drug-likeness (QED) is 0.0243. The van der Waals surface area contributed by atoms with Gasteiger partial charge in [0.1, 0.15) is 0 Å². The average molecular weight is 1340 g/mol. The summed E-state index contributed by atoms with van der Waals surface area (Å²) in [6.07, 6.45) is -7.58. The molecule has 5 aromatic rings. The molecule has 0 aromatic heterocycles. The summed E-state index contributed by atoms with van der Waals surface area (Å²) < 4.78 is 113. The number of hydrogen-bond donors (Lipinski definition) is 6. The molecule has 415 valence electrons.